The van der Waals surface area contributed by atoms with E-state index in [1.807, 2.05) is 21.1 Å². The highest BCUT2D eigenvalue weighted by Gasteiger charge is 2.25. The highest BCUT2D eigenvalue weighted by Crippen LogP contribution is 2.15. The molecule has 0 spiro atoms. The molecule has 0 aromatic heterocycles. The summed E-state index contributed by atoms with van der Waals surface area (Å²) in [5.74, 6) is -2.11. The first-order valence-corrected chi connectivity index (χ1v) is 36.9. The lowest BCUT2D eigenvalue weighted by molar-refractivity contribution is -0.870. The molecule has 0 amide bonds. The lowest BCUT2D eigenvalue weighted by Gasteiger charge is -2.25. The maximum atomic E-state index is 13.0. The number of allylic oxidation sites excluding steroid dienone is 36. The van der Waals surface area contributed by atoms with Gasteiger partial charge in [0.25, 0.3) is 6.29 Å². The standard InChI is InChI=1S/C86H133NO8/c1-6-8-10-12-14-16-18-20-22-24-26-28-30-32-34-36-37-38-39-40-41-42-43-44-45-46-47-49-51-53-55-57-59-61-63-65-67-69-71-73-75-77-84(89)95-82(81-94-86(85(90)91)92-79-78-87(3,4)5)80-93-83(88)76-74-72-70-68-66-64-62-60-58-56-54-52-50-48-35-33-31-29-27-25-23-21-19-17-15-13-11-9-7-2/h8-11,14-17,20-23,26-29,32-35,37-38,40-41,43-44,46-47,50,52,56,58,62,64,68,70,82,86H,6-7,12-13,18-19,24-25,30-31,36,39,42,45,48-49,51,53-55,57,59-61,63,65-67,69,71-81H2,1-5H3/p+1/b10-8-,11-9-,16-14-,17-15-,22-20-,23-21-,28-26-,29-27-,34-32-,35-33-,38-37-,41-40-,44-43-,47-46-,52-50-,58-56-,64-62-,70-68-. The van der Waals surface area contributed by atoms with Gasteiger partial charge in [-0.05, 0) is 148 Å². The van der Waals surface area contributed by atoms with Crippen LogP contribution in [0.15, 0.2) is 219 Å². The van der Waals surface area contributed by atoms with E-state index in [0.717, 1.165) is 141 Å². The summed E-state index contributed by atoms with van der Waals surface area (Å²) in [5, 5.41) is 9.75. The molecular weight excluding hydrogens is 1170 g/mol. The third-order valence-corrected chi connectivity index (χ3v) is 14.7. The fraction of sp³-hybridized carbons (Fsp3) is 0.547. The SMILES string of the molecule is CC/C=C\C/C=C\C/C=C\C/C=C\C/C=C\C/C=C\C/C=C\C/C=C\C/C=C\CCCCCCCCCCCCCCCC(=O)OC(COC(=O)CCC/C=C\C/C=C\C/C=C\C/C=C\C/C=C\C/C=C\C/C=C\C/C=C\C/C=C\CC)COC(OCC[N+](C)(C)C)C(=O)O. The summed E-state index contributed by atoms with van der Waals surface area (Å²) in [7, 11) is 5.95. The Bertz CT molecular complexity index is 2370. The van der Waals surface area contributed by atoms with E-state index < -0.39 is 30.3 Å². The number of nitrogens with zero attached hydrogens (tertiary/aromatic N) is 1. The molecule has 9 nitrogen and oxygen atoms in total. The third-order valence-electron chi connectivity index (χ3n) is 14.7. The first-order chi connectivity index (χ1) is 46.6. The zero-order valence-electron chi connectivity index (χ0n) is 60.5. The fourth-order valence-electron chi connectivity index (χ4n) is 9.18. The molecule has 1 N–H and O–H groups in total. The zero-order chi connectivity index (χ0) is 69.0. The molecule has 0 aliphatic heterocycles. The molecule has 0 aliphatic carbocycles. The maximum absolute atomic E-state index is 13.0. The van der Waals surface area contributed by atoms with Gasteiger partial charge in [0.1, 0.15) is 13.2 Å². The Labute approximate surface area is 581 Å². The summed E-state index contributed by atoms with van der Waals surface area (Å²) in [6.07, 6.45) is 113. The first-order valence-electron chi connectivity index (χ1n) is 36.9. The van der Waals surface area contributed by atoms with Crippen LogP contribution in [-0.4, -0.2) is 87.4 Å². The Hall–Kier alpha value is -6.39. The van der Waals surface area contributed by atoms with Crippen LogP contribution < -0.4 is 0 Å². The van der Waals surface area contributed by atoms with Crippen molar-refractivity contribution in [3.05, 3.63) is 219 Å². The van der Waals surface area contributed by atoms with Gasteiger partial charge < -0.3 is 28.5 Å². The molecule has 0 heterocycles. The second-order valence-corrected chi connectivity index (χ2v) is 24.8. The minimum Gasteiger partial charge on any atom is -0.477 e. The minimum absolute atomic E-state index is 0.167. The number of aliphatic carboxylic acids is 1. The summed E-state index contributed by atoms with van der Waals surface area (Å²) in [4.78, 5) is 37.6. The smallest absolute Gasteiger partial charge is 0.361 e. The Morgan fingerprint density at radius 3 is 0.874 bits per heavy atom. The van der Waals surface area contributed by atoms with Crippen molar-refractivity contribution in [2.24, 2.45) is 0 Å². The van der Waals surface area contributed by atoms with Gasteiger partial charge in [0.05, 0.1) is 34.4 Å². The molecule has 0 radical (unpaired) electrons. The van der Waals surface area contributed by atoms with Crippen LogP contribution in [-0.2, 0) is 33.3 Å². The molecule has 2 atom stereocenters. The first kappa shape index (κ1) is 88.6. The Kier molecular flexibility index (Phi) is 68.5. The largest absolute Gasteiger partial charge is 0.477 e. The van der Waals surface area contributed by atoms with Gasteiger partial charge in [-0.2, -0.15) is 0 Å². The van der Waals surface area contributed by atoms with Crippen LogP contribution in [0.25, 0.3) is 0 Å². The molecule has 95 heavy (non-hydrogen) atoms. The molecule has 0 aromatic rings. The number of hydrogen-bond donors (Lipinski definition) is 1. The summed E-state index contributed by atoms with van der Waals surface area (Å²) in [6, 6.07) is 0. The number of carbonyl (C=O) groups excluding carboxylic acids is 2. The number of hydrogen-bond acceptors (Lipinski definition) is 7. The van der Waals surface area contributed by atoms with E-state index in [0.29, 0.717) is 23.9 Å². The van der Waals surface area contributed by atoms with E-state index >= 15 is 0 Å². The van der Waals surface area contributed by atoms with Crippen molar-refractivity contribution in [3.8, 4) is 0 Å². The lowest BCUT2D eigenvalue weighted by atomic mass is 10.0. The number of likely N-dealkylation sites (N-methyl/N-ethyl adjacent to an activating group) is 1. The topological polar surface area (TPSA) is 108 Å². The number of ether oxygens (including phenoxy) is 4. The Balaban J connectivity index is 4.23. The van der Waals surface area contributed by atoms with Crippen LogP contribution in [0, 0.1) is 0 Å². The minimum atomic E-state index is -1.54. The normalized spacial score (nSPS) is 14.0. The summed E-state index contributed by atoms with van der Waals surface area (Å²) < 4.78 is 22.9. The van der Waals surface area contributed by atoms with Crippen molar-refractivity contribution in [2.45, 2.75) is 257 Å². The summed E-state index contributed by atoms with van der Waals surface area (Å²) in [5.41, 5.74) is 0. The van der Waals surface area contributed by atoms with E-state index in [1.54, 1.807) is 0 Å². The lowest BCUT2D eigenvalue weighted by Crippen LogP contribution is -2.40. The van der Waals surface area contributed by atoms with Crippen molar-refractivity contribution < 1.29 is 42.9 Å². The molecule has 530 valence electrons. The molecule has 9 heteroatoms. The van der Waals surface area contributed by atoms with Crippen LogP contribution in [0.1, 0.15) is 245 Å². The highest BCUT2D eigenvalue weighted by molar-refractivity contribution is 5.71. The van der Waals surface area contributed by atoms with Gasteiger partial charge in [0.2, 0.25) is 0 Å². The van der Waals surface area contributed by atoms with Gasteiger partial charge in [-0.15, -0.1) is 0 Å². The van der Waals surface area contributed by atoms with Crippen molar-refractivity contribution in [3.63, 3.8) is 0 Å². The molecule has 0 saturated carbocycles. The van der Waals surface area contributed by atoms with Gasteiger partial charge in [-0.25, -0.2) is 4.79 Å². The van der Waals surface area contributed by atoms with E-state index in [1.165, 1.54) is 64.2 Å². The molecule has 2 unspecified atom stereocenters. The van der Waals surface area contributed by atoms with E-state index in [2.05, 4.69) is 233 Å². The number of carboxylic acids is 1. The van der Waals surface area contributed by atoms with Crippen LogP contribution in [0.3, 0.4) is 0 Å². The van der Waals surface area contributed by atoms with E-state index in [9.17, 15) is 19.5 Å². The zero-order valence-corrected chi connectivity index (χ0v) is 60.5. The molecule has 0 rings (SSSR count). The molecule has 0 saturated heterocycles. The van der Waals surface area contributed by atoms with Crippen LogP contribution in [0.5, 0.6) is 0 Å². The Morgan fingerprint density at radius 2 is 0.579 bits per heavy atom. The second-order valence-electron chi connectivity index (χ2n) is 24.8. The summed E-state index contributed by atoms with van der Waals surface area (Å²) >= 11 is 0. The van der Waals surface area contributed by atoms with Crippen LogP contribution in [0.2, 0.25) is 0 Å². The third kappa shape index (κ3) is 74.9. The van der Waals surface area contributed by atoms with Crippen molar-refractivity contribution in [1.82, 2.24) is 0 Å². The van der Waals surface area contributed by atoms with Gasteiger partial charge in [-0.1, -0.05) is 303 Å². The van der Waals surface area contributed by atoms with Gasteiger partial charge >= 0.3 is 17.9 Å². The average molecular weight is 1310 g/mol. The number of rotatable bonds is 65. The fourth-order valence-corrected chi connectivity index (χ4v) is 9.18. The molecule has 0 aromatic carbocycles. The van der Waals surface area contributed by atoms with E-state index in [-0.39, 0.29) is 32.7 Å². The van der Waals surface area contributed by atoms with Gasteiger partial charge in [0.15, 0.2) is 6.10 Å². The molecule has 0 bridgehead atoms. The number of esters is 2. The van der Waals surface area contributed by atoms with Gasteiger partial charge in [-0.3, -0.25) is 9.59 Å². The molecule has 0 fully saturated rings. The highest BCUT2D eigenvalue weighted by atomic mass is 16.7. The number of carboxylic acid groups (broad SMARTS) is 1. The monoisotopic (exact) mass is 1310 g/mol. The maximum Gasteiger partial charge on any atom is 0.361 e. The average Bonchev–Trinajstić information content (AvgIpc) is 3.54. The van der Waals surface area contributed by atoms with Crippen LogP contribution in [0.4, 0.5) is 0 Å². The Morgan fingerprint density at radius 1 is 0.316 bits per heavy atom. The molecule has 0 aliphatic rings. The van der Waals surface area contributed by atoms with Crippen molar-refractivity contribution in [1.29, 1.82) is 0 Å². The predicted octanol–water partition coefficient (Wildman–Crippen LogP) is 23.7. The van der Waals surface area contributed by atoms with Gasteiger partial charge in [0, 0.05) is 12.8 Å². The van der Waals surface area contributed by atoms with Crippen molar-refractivity contribution in [2.75, 3.05) is 47.5 Å². The number of carbonyl (C=O) groups is 3. The van der Waals surface area contributed by atoms with Crippen molar-refractivity contribution >= 4 is 17.9 Å². The predicted molar refractivity (Wildman–Crippen MR) is 409 cm³/mol. The van der Waals surface area contributed by atoms with E-state index in [4.69, 9.17) is 18.9 Å². The number of quaternary nitrogens is 1. The van der Waals surface area contributed by atoms with Crippen LogP contribution >= 0.6 is 0 Å². The molecular formula is C86H134NO8+. The second kappa shape index (κ2) is 73.4. The summed E-state index contributed by atoms with van der Waals surface area (Å²) in [6.45, 7) is 4.56. The number of unbranched alkanes of at least 4 members (excludes halogenated alkanes) is 14. The quantitative estimate of drug-likeness (QED) is 0.0211.